The van der Waals surface area contributed by atoms with Crippen molar-refractivity contribution >= 4 is 10.9 Å². The fraction of sp³-hybridized carbons (Fsp3) is 0.235. The number of aryl methyl sites for hydroxylation is 1. The molecule has 0 aliphatic heterocycles. The Morgan fingerprint density at radius 1 is 1.00 bits per heavy atom. The van der Waals surface area contributed by atoms with Crippen molar-refractivity contribution in [2.24, 2.45) is 0 Å². The summed E-state index contributed by atoms with van der Waals surface area (Å²) in [5, 5.41) is 5.85. The van der Waals surface area contributed by atoms with Gasteiger partial charge in [0.15, 0.2) is 0 Å². The van der Waals surface area contributed by atoms with E-state index in [4.69, 9.17) is 0 Å². The van der Waals surface area contributed by atoms with Crippen molar-refractivity contribution < 1.29 is 0 Å². The molecule has 0 aliphatic rings. The third-order valence-corrected chi connectivity index (χ3v) is 3.46. The van der Waals surface area contributed by atoms with Crippen molar-refractivity contribution in [2.75, 3.05) is 0 Å². The van der Waals surface area contributed by atoms with Gasteiger partial charge in [-0.2, -0.15) is 5.10 Å². The van der Waals surface area contributed by atoms with Gasteiger partial charge < -0.3 is 0 Å². The van der Waals surface area contributed by atoms with E-state index in [2.05, 4.69) is 74.5 Å². The summed E-state index contributed by atoms with van der Waals surface area (Å²) < 4.78 is 2.03. The topological polar surface area (TPSA) is 17.8 Å². The first kappa shape index (κ1) is 12.0. The molecule has 3 rings (SSSR count). The molecule has 0 saturated heterocycles. The van der Waals surface area contributed by atoms with Crippen LogP contribution in [0.3, 0.4) is 0 Å². The van der Waals surface area contributed by atoms with E-state index in [1.165, 1.54) is 22.1 Å². The highest BCUT2D eigenvalue weighted by molar-refractivity contribution is 5.94. The zero-order valence-corrected chi connectivity index (χ0v) is 11.6. The Kier molecular flexibility index (Phi) is 2.86. The first-order chi connectivity index (χ1) is 9.15. The lowest BCUT2D eigenvalue weighted by Crippen LogP contribution is -1.99. The van der Waals surface area contributed by atoms with E-state index >= 15 is 0 Å². The normalized spacial score (nSPS) is 11.4. The average Bonchev–Trinajstić information content (AvgIpc) is 2.83. The van der Waals surface area contributed by atoms with Crippen LogP contribution in [0.15, 0.2) is 48.7 Å². The van der Waals surface area contributed by atoms with Gasteiger partial charge in [-0.3, -0.25) is 4.68 Å². The summed E-state index contributed by atoms with van der Waals surface area (Å²) in [6.07, 6.45) is 2.15. The molecule has 1 heterocycles. The predicted molar refractivity (Wildman–Crippen MR) is 80.3 cm³/mol. The minimum absolute atomic E-state index is 0.387. The van der Waals surface area contributed by atoms with Crippen molar-refractivity contribution in [3.8, 4) is 11.1 Å². The second kappa shape index (κ2) is 4.54. The van der Waals surface area contributed by atoms with E-state index in [1.54, 1.807) is 0 Å². The molecule has 0 atom stereocenters. The zero-order valence-electron chi connectivity index (χ0n) is 11.6. The molecule has 0 saturated carbocycles. The largest absolute Gasteiger partial charge is 0.269 e. The molecule has 2 heteroatoms. The van der Waals surface area contributed by atoms with Gasteiger partial charge >= 0.3 is 0 Å². The van der Waals surface area contributed by atoms with Crippen LogP contribution in [0.1, 0.15) is 25.5 Å². The molecule has 0 N–H and O–H groups in total. The molecule has 0 fully saturated rings. The van der Waals surface area contributed by atoms with E-state index in [-0.39, 0.29) is 0 Å². The molecule has 2 nitrogen and oxygen atoms in total. The first-order valence-electron chi connectivity index (χ1n) is 6.70. The van der Waals surface area contributed by atoms with Crippen LogP contribution < -0.4 is 0 Å². The van der Waals surface area contributed by atoms with Crippen molar-refractivity contribution in [2.45, 2.75) is 26.8 Å². The van der Waals surface area contributed by atoms with Gasteiger partial charge in [-0.05, 0) is 38.0 Å². The average molecular weight is 250 g/mol. The number of fused-ring (bicyclic) bond motifs is 1. The second-order valence-electron chi connectivity index (χ2n) is 5.31. The third kappa shape index (κ3) is 2.14. The number of benzene rings is 2. The Morgan fingerprint density at radius 2 is 1.74 bits per heavy atom. The van der Waals surface area contributed by atoms with E-state index in [1.807, 2.05) is 4.68 Å². The summed E-state index contributed by atoms with van der Waals surface area (Å²) in [7, 11) is 0. The number of rotatable bonds is 2. The number of nitrogens with zero attached hydrogens (tertiary/aromatic N) is 2. The highest BCUT2D eigenvalue weighted by Gasteiger charge is 2.08. The van der Waals surface area contributed by atoms with Gasteiger partial charge in [-0.1, -0.05) is 42.0 Å². The van der Waals surface area contributed by atoms with E-state index in [0.717, 1.165) is 5.52 Å². The summed E-state index contributed by atoms with van der Waals surface area (Å²) in [5.41, 5.74) is 4.85. The predicted octanol–water partition coefficient (Wildman–Crippen LogP) is 4.59. The van der Waals surface area contributed by atoms with Crippen LogP contribution in [0, 0.1) is 6.92 Å². The summed E-state index contributed by atoms with van der Waals surface area (Å²) in [6.45, 7) is 6.41. The van der Waals surface area contributed by atoms with Gasteiger partial charge in [-0.25, -0.2) is 0 Å². The minimum atomic E-state index is 0.387. The fourth-order valence-corrected chi connectivity index (χ4v) is 2.31. The van der Waals surface area contributed by atoms with Gasteiger partial charge in [0, 0.05) is 17.6 Å². The molecular weight excluding hydrogens is 232 g/mol. The first-order valence-corrected chi connectivity index (χ1v) is 6.70. The van der Waals surface area contributed by atoms with Crippen LogP contribution in [0.4, 0.5) is 0 Å². The maximum absolute atomic E-state index is 4.63. The van der Waals surface area contributed by atoms with Crippen LogP contribution in [-0.2, 0) is 0 Å². The highest BCUT2D eigenvalue weighted by Crippen LogP contribution is 2.28. The standard InChI is InChI=1S/C17H18N2/c1-12(2)19-11-16-15(5-4-6-17(16)18-19)14-9-7-13(3)8-10-14/h4-12H,1-3H3. The SMILES string of the molecule is Cc1ccc(-c2cccc3nn(C(C)C)cc23)cc1. The molecule has 0 unspecified atom stereocenters. The lowest BCUT2D eigenvalue weighted by molar-refractivity contribution is 0.537. The van der Waals surface area contributed by atoms with Gasteiger partial charge in [0.05, 0.1) is 5.52 Å². The smallest absolute Gasteiger partial charge is 0.0929 e. The molecule has 0 radical (unpaired) electrons. The van der Waals surface area contributed by atoms with Gasteiger partial charge in [0.25, 0.3) is 0 Å². The Bertz CT molecular complexity index is 706. The molecule has 2 aromatic carbocycles. The van der Waals surface area contributed by atoms with Crippen molar-refractivity contribution in [3.05, 3.63) is 54.2 Å². The minimum Gasteiger partial charge on any atom is -0.269 e. The van der Waals surface area contributed by atoms with E-state index < -0.39 is 0 Å². The number of aromatic nitrogens is 2. The van der Waals surface area contributed by atoms with Gasteiger partial charge in [0.2, 0.25) is 0 Å². The maximum Gasteiger partial charge on any atom is 0.0929 e. The third-order valence-electron chi connectivity index (χ3n) is 3.46. The summed E-state index contributed by atoms with van der Waals surface area (Å²) in [5.74, 6) is 0. The molecule has 3 aromatic rings. The van der Waals surface area contributed by atoms with Crippen LogP contribution in [0.25, 0.3) is 22.0 Å². The molecule has 1 aromatic heterocycles. The Morgan fingerprint density at radius 3 is 2.42 bits per heavy atom. The lowest BCUT2D eigenvalue weighted by atomic mass is 10.0. The monoisotopic (exact) mass is 250 g/mol. The second-order valence-corrected chi connectivity index (χ2v) is 5.31. The highest BCUT2D eigenvalue weighted by atomic mass is 15.3. The maximum atomic E-state index is 4.63. The number of hydrogen-bond acceptors (Lipinski definition) is 1. The summed E-state index contributed by atoms with van der Waals surface area (Å²) in [4.78, 5) is 0. The van der Waals surface area contributed by atoms with E-state index in [9.17, 15) is 0 Å². The van der Waals surface area contributed by atoms with E-state index in [0.29, 0.717) is 6.04 Å². The molecular formula is C17H18N2. The molecule has 0 bridgehead atoms. The van der Waals surface area contributed by atoms with Crippen LogP contribution in [0.2, 0.25) is 0 Å². The fourth-order valence-electron chi connectivity index (χ4n) is 2.31. The molecule has 96 valence electrons. The van der Waals surface area contributed by atoms with Gasteiger partial charge in [0.1, 0.15) is 0 Å². The number of hydrogen-bond donors (Lipinski definition) is 0. The summed E-state index contributed by atoms with van der Waals surface area (Å²) in [6, 6.07) is 15.4. The summed E-state index contributed by atoms with van der Waals surface area (Å²) >= 11 is 0. The van der Waals surface area contributed by atoms with Gasteiger partial charge in [-0.15, -0.1) is 0 Å². The lowest BCUT2D eigenvalue weighted by Gasteiger charge is -2.04. The molecule has 0 aliphatic carbocycles. The Balaban J connectivity index is 2.20. The van der Waals surface area contributed by atoms with Crippen LogP contribution in [-0.4, -0.2) is 9.78 Å². The molecule has 0 amide bonds. The molecule has 19 heavy (non-hydrogen) atoms. The van der Waals surface area contributed by atoms with Crippen molar-refractivity contribution in [3.63, 3.8) is 0 Å². The molecule has 0 spiro atoms. The van der Waals surface area contributed by atoms with Crippen molar-refractivity contribution in [1.29, 1.82) is 0 Å². The van der Waals surface area contributed by atoms with Crippen LogP contribution >= 0.6 is 0 Å². The zero-order chi connectivity index (χ0) is 13.4. The quantitative estimate of drug-likeness (QED) is 0.650. The Labute approximate surface area is 113 Å². The van der Waals surface area contributed by atoms with Crippen LogP contribution in [0.5, 0.6) is 0 Å². The van der Waals surface area contributed by atoms with Crippen molar-refractivity contribution in [1.82, 2.24) is 9.78 Å². The Hall–Kier alpha value is -2.09.